The first-order valence-corrected chi connectivity index (χ1v) is 7.17. The molecular weight excluding hydrogens is 250 g/mol. The van der Waals surface area contributed by atoms with Crippen molar-refractivity contribution in [1.82, 2.24) is 5.32 Å². The van der Waals surface area contributed by atoms with Crippen molar-refractivity contribution < 1.29 is 10.2 Å². The highest BCUT2D eigenvalue weighted by Crippen LogP contribution is 2.17. The third-order valence-electron chi connectivity index (χ3n) is 3.60. The number of hydrogen-bond donors (Lipinski definition) is 1. The average Bonchev–Trinajstić information content (AvgIpc) is 2.34. The van der Waals surface area contributed by atoms with E-state index in [9.17, 15) is 0 Å². The molecule has 2 unspecified atom stereocenters. The molecule has 1 fully saturated rings. The second-order valence-electron chi connectivity index (χ2n) is 5.15. The van der Waals surface area contributed by atoms with Gasteiger partial charge in [-0.3, -0.25) is 0 Å². The van der Waals surface area contributed by atoms with Gasteiger partial charge in [0.1, 0.15) is 0 Å². The summed E-state index contributed by atoms with van der Waals surface area (Å²) < 4.78 is 5.77. The summed E-state index contributed by atoms with van der Waals surface area (Å²) in [5.41, 5.74) is 0. The smallest absolute Gasteiger partial charge is 0.0725 e. The standard InChI is InChI=1S/C14H29NO.ClH.H2O/c1-3-4-5-6-7-8-9-13(2)14-12-15-10-11-16-14;;/h13-15H,3-12H2,1-2H3;1H;1H2. The lowest BCUT2D eigenvalue weighted by Gasteiger charge is -2.28. The maximum atomic E-state index is 5.77. The van der Waals surface area contributed by atoms with E-state index < -0.39 is 0 Å². The minimum Gasteiger partial charge on any atom is -0.412 e. The fourth-order valence-corrected chi connectivity index (χ4v) is 2.38. The van der Waals surface area contributed by atoms with Gasteiger partial charge in [0.25, 0.3) is 0 Å². The second-order valence-corrected chi connectivity index (χ2v) is 5.15. The Bertz CT molecular complexity index is 164. The quantitative estimate of drug-likeness (QED) is 0.696. The first-order chi connectivity index (χ1) is 7.84. The van der Waals surface area contributed by atoms with Crippen LogP contribution < -0.4 is 5.32 Å². The van der Waals surface area contributed by atoms with Crippen LogP contribution in [0.4, 0.5) is 0 Å². The molecule has 0 aromatic carbocycles. The van der Waals surface area contributed by atoms with Gasteiger partial charge in [-0.05, 0) is 12.3 Å². The van der Waals surface area contributed by atoms with Gasteiger partial charge in [-0.2, -0.15) is 0 Å². The Kier molecular flexibility index (Phi) is 15.5. The second kappa shape index (κ2) is 13.6. The molecule has 1 heterocycles. The van der Waals surface area contributed by atoms with Gasteiger partial charge in [-0.15, -0.1) is 12.4 Å². The molecule has 0 amide bonds. The lowest BCUT2D eigenvalue weighted by molar-refractivity contribution is -0.00692. The topological polar surface area (TPSA) is 52.8 Å². The number of unbranched alkanes of at least 4 members (excludes halogenated alkanes) is 5. The summed E-state index contributed by atoms with van der Waals surface area (Å²) >= 11 is 0. The Hall–Kier alpha value is 0.170. The van der Waals surface area contributed by atoms with E-state index in [0.717, 1.165) is 25.6 Å². The van der Waals surface area contributed by atoms with Crippen LogP contribution in [0.2, 0.25) is 0 Å². The van der Waals surface area contributed by atoms with E-state index in [1.165, 1.54) is 44.9 Å². The van der Waals surface area contributed by atoms with Gasteiger partial charge in [0.15, 0.2) is 0 Å². The Morgan fingerprint density at radius 1 is 1.17 bits per heavy atom. The van der Waals surface area contributed by atoms with Crippen molar-refractivity contribution in [3.05, 3.63) is 0 Å². The van der Waals surface area contributed by atoms with Crippen LogP contribution in [-0.4, -0.2) is 31.3 Å². The largest absolute Gasteiger partial charge is 0.412 e. The number of halogens is 1. The predicted octanol–water partition coefficient (Wildman–Crippen LogP) is 2.96. The van der Waals surface area contributed by atoms with Crippen LogP contribution in [0.5, 0.6) is 0 Å². The third-order valence-corrected chi connectivity index (χ3v) is 3.60. The fraction of sp³-hybridized carbons (Fsp3) is 1.00. The number of rotatable bonds is 8. The average molecular weight is 282 g/mol. The van der Waals surface area contributed by atoms with Crippen LogP contribution >= 0.6 is 12.4 Å². The molecule has 1 aliphatic rings. The molecule has 18 heavy (non-hydrogen) atoms. The monoisotopic (exact) mass is 281 g/mol. The van der Waals surface area contributed by atoms with Crippen LogP contribution in [-0.2, 0) is 4.74 Å². The van der Waals surface area contributed by atoms with E-state index in [0.29, 0.717) is 6.10 Å². The summed E-state index contributed by atoms with van der Waals surface area (Å²) in [7, 11) is 0. The molecule has 0 aliphatic carbocycles. The molecule has 1 aliphatic heterocycles. The first kappa shape index (κ1) is 20.5. The molecule has 1 saturated heterocycles. The van der Waals surface area contributed by atoms with Crippen LogP contribution in [0.25, 0.3) is 0 Å². The molecular formula is C14H32ClNO2. The van der Waals surface area contributed by atoms with E-state index in [4.69, 9.17) is 4.74 Å². The van der Waals surface area contributed by atoms with Crippen molar-refractivity contribution in [2.45, 2.75) is 64.9 Å². The molecule has 0 saturated carbocycles. The van der Waals surface area contributed by atoms with Gasteiger partial charge in [-0.1, -0.05) is 52.4 Å². The van der Waals surface area contributed by atoms with Gasteiger partial charge in [-0.25, -0.2) is 0 Å². The Labute approximate surface area is 119 Å². The van der Waals surface area contributed by atoms with Crippen molar-refractivity contribution in [2.75, 3.05) is 19.7 Å². The van der Waals surface area contributed by atoms with Gasteiger partial charge in [0.2, 0.25) is 0 Å². The van der Waals surface area contributed by atoms with E-state index in [1.54, 1.807) is 0 Å². The third kappa shape index (κ3) is 9.15. The summed E-state index contributed by atoms with van der Waals surface area (Å²) in [4.78, 5) is 0. The van der Waals surface area contributed by atoms with Gasteiger partial charge < -0.3 is 15.5 Å². The Morgan fingerprint density at radius 3 is 2.44 bits per heavy atom. The van der Waals surface area contributed by atoms with Crippen LogP contribution in [0, 0.1) is 5.92 Å². The molecule has 0 aromatic heterocycles. The zero-order valence-corrected chi connectivity index (χ0v) is 12.9. The van der Waals surface area contributed by atoms with Crippen LogP contribution in [0.15, 0.2) is 0 Å². The SMILES string of the molecule is CCCCCCCCC(C)C1CNCCO1.Cl.O. The molecule has 2 atom stereocenters. The fourth-order valence-electron chi connectivity index (χ4n) is 2.38. The molecule has 4 heteroatoms. The number of morpholine rings is 1. The minimum atomic E-state index is 0. The van der Waals surface area contributed by atoms with Crippen LogP contribution in [0.1, 0.15) is 58.8 Å². The van der Waals surface area contributed by atoms with E-state index in [2.05, 4.69) is 19.2 Å². The van der Waals surface area contributed by atoms with E-state index >= 15 is 0 Å². The summed E-state index contributed by atoms with van der Waals surface area (Å²) in [6.07, 6.45) is 10.2. The Balaban J connectivity index is 0. The normalized spacial score (nSPS) is 20.7. The molecule has 0 radical (unpaired) electrons. The van der Waals surface area contributed by atoms with E-state index in [-0.39, 0.29) is 17.9 Å². The zero-order chi connectivity index (χ0) is 11.6. The first-order valence-electron chi connectivity index (χ1n) is 7.17. The van der Waals surface area contributed by atoms with Crippen molar-refractivity contribution in [3.8, 4) is 0 Å². The predicted molar refractivity (Wildman–Crippen MR) is 80.6 cm³/mol. The summed E-state index contributed by atoms with van der Waals surface area (Å²) in [5.74, 6) is 0.721. The highest BCUT2D eigenvalue weighted by molar-refractivity contribution is 5.85. The van der Waals surface area contributed by atoms with Crippen molar-refractivity contribution in [3.63, 3.8) is 0 Å². The van der Waals surface area contributed by atoms with Gasteiger partial charge >= 0.3 is 0 Å². The summed E-state index contributed by atoms with van der Waals surface area (Å²) in [5, 5.41) is 3.41. The zero-order valence-electron chi connectivity index (χ0n) is 12.0. The van der Waals surface area contributed by atoms with Gasteiger partial charge in [0, 0.05) is 13.1 Å². The minimum absolute atomic E-state index is 0. The lowest BCUT2D eigenvalue weighted by Crippen LogP contribution is -2.41. The van der Waals surface area contributed by atoms with Crippen molar-refractivity contribution in [1.29, 1.82) is 0 Å². The van der Waals surface area contributed by atoms with Crippen LogP contribution in [0.3, 0.4) is 0 Å². The summed E-state index contributed by atoms with van der Waals surface area (Å²) in [6, 6.07) is 0. The highest BCUT2D eigenvalue weighted by atomic mass is 35.5. The van der Waals surface area contributed by atoms with E-state index in [1.807, 2.05) is 0 Å². The summed E-state index contributed by atoms with van der Waals surface area (Å²) in [6.45, 7) is 7.59. The molecule has 0 aromatic rings. The van der Waals surface area contributed by atoms with Crippen molar-refractivity contribution >= 4 is 12.4 Å². The Morgan fingerprint density at radius 2 is 1.83 bits per heavy atom. The molecule has 0 spiro atoms. The molecule has 3 N–H and O–H groups in total. The number of ether oxygens (including phenoxy) is 1. The number of hydrogen-bond acceptors (Lipinski definition) is 2. The van der Waals surface area contributed by atoms with Crippen molar-refractivity contribution in [2.24, 2.45) is 5.92 Å². The number of nitrogens with one attached hydrogen (secondary N) is 1. The highest BCUT2D eigenvalue weighted by Gasteiger charge is 2.19. The lowest BCUT2D eigenvalue weighted by atomic mass is 9.96. The molecule has 3 nitrogen and oxygen atoms in total. The maximum Gasteiger partial charge on any atom is 0.0725 e. The molecule has 112 valence electrons. The van der Waals surface area contributed by atoms with Gasteiger partial charge in [0.05, 0.1) is 12.7 Å². The molecule has 0 bridgehead atoms. The molecule has 1 rings (SSSR count). The maximum absolute atomic E-state index is 5.77.